The summed E-state index contributed by atoms with van der Waals surface area (Å²) in [6.45, 7) is 14.6. The third-order valence-electron chi connectivity index (χ3n) is 3.16. The Hall–Kier alpha value is -0.0800. The van der Waals surface area contributed by atoms with E-state index in [-0.39, 0.29) is 11.5 Å². The normalized spacial score (nSPS) is 19.0. The van der Waals surface area contributed by atoms with Gasteiger partial charge in [-0.2, -0.15) is 0 Å². The molecule has 0 bridgehead atoms. The molecule has 0 fully saturated rings. The molecule has 0 amide bonds. The number of hydrogen-bond donors (Lipinski definition) is 1. The average Bonchev–Trinajstić information content (AvgIpc) is 1.99. The molecule has 3 unspecified atom stereocenters. The number of nitrogens with zero attached hydrogens (tertiary/aromatic N) is 1. The van der Waals surface area contributed by atoms with Crippen LogP contribution in [0.5, 0.6) is 0 Å². The largest absolute Gasteiger partial charge is 0.327 e. The molecule has 0 aromatic carbocycles. The van der Waals surface area contributed by atoms with E-state index in [1.807, 2.05) is 0 Å². The standard InChI is InChI=1S/C13H30N2/c1-8-10(2)9-15(7)12(11(3)14)13(4,5)6/h10-12H,8-9,14H2,1-7H3. The molecule has 0 spiro atoms. The van der Waals surface area contributed by atoms with E-state index in [1.54, 1.807) is 0 Å². The first-order chi connectivity index (χ1) is 6.70. The van der Waals surface area contributed by atoms with Crippen molar-refractivity contribution in [3.8, 4) is 0 Å². The van der Waals surface area contributed by atoms with Crippen LogP contribution in [0.2, 0.25) is 0 Å². The zero-order chi connectivity index (χ0) is 12.2. The summed E-state index contributed by atoms with van der Waals surface area (Å²) in [5, 5.41) is 0. The Morgan fingerprint density at radius 3 is 1.93 bits per heavy atom. The molecule has 0 radical (unpaired) electrons. The van der Waals surface area contributed by atoms with Crippen LogP contribution in [-0.2, 0) is 0 Å². The van der Waals surface area contributed by atoms with E-state index < -0.39 is 0 Å². The predicted octanol–water partition coefficient (Wildman–Crippen LogP) is 2.73. The summed E-state index contributed by atoms with van der Waals surface area (Å²) in [4.78, 5) is 2.43. The van der Waals surface area contributed by atoms with Gasteiger partial charge in [-0.25, -0.2) is 0 Å². The minimum Gasteiger partial charge on any atom is -0.327 e. The lowest BCUT2D eigenvalue weighted by molar-refractivity contribution is 0.0931. The second-order valence-corrected chi connectivity index (χ2v) is 6.12. The molecule has 0 rings (SSSR count). The average molecular weight is 214 g/mol. The molecule has 0 aromatic heterocycles. The molecule has 0 aliphatic rings. The van der Waals surface area contributed by atoms with E-state index in [2.05, 4.69) is 53.5 Å². The highest BCUT2D eigenvalue weighted by Crippen LogP contribution is 2.26. The number of rotatable bonds is 5. The molecule has 0 heterocycles. The lowest BCUT2D eigenvalue weighted by Crippen LogP contribution is -2.53. The van der Waals surface area contributed by atoms with E-state index in [9.17, 15) is 0 Å². The lowest BCUT2D eigenvalue weighted by Gasteiger charge is -2.41. The van der Waals surface area contributed by atoms with Crippen LogP contribution in [0, 0.1) is 11.3 Å². The summed E-state index contributed by atoms with van der Waals surface area (Å²) in [5.74, 6) is 0.749. The maximum Gasteiger partial charge on any atom is 0.0289 e. The van der Waals surface area contributed by atoms with E-state index in [4.69, 9.17) is 5.73 Å². The fourth-order valence-corrected chi connectivity index (χ4v) is 2.59. The molecule has 0 aromatic rings. The van der Waals surface area contributed by atoms with Gasteiger partial charge < -0.3 is 10.6 Å². The van der Waals surface area contributed by atoms with Crippen molar-refractivity contribution in [3.63, 3.8) is 0 Å². The van der Waals surface area contributed by atoms with Crippen molar-refractivity contribution >= 4 is 0 Å². The van der Waals surface area contributed by atoms with Crippen molar-refractivity contribution in [2.45, 2.75) is 60.0 Å². The van der Waals surface area contributed by atoms with E-state index in [0.29, 0.717) is 6.04 Å². The molecule has 0 aliphatic carbocycles. The Morgan fingerprint density at radius 1 is 1.20 bits per heavy atom. The minimum absolute atomic E-state index is 0.221. The quantitative estimate of drug-likeness (QED) is 0.762. The van der Waals surface area contributed by atoms with Gasteiger partial charge in [-0.3, -0.25) is 0 Å². The molecule has 2 nitrogen and oxygen atoms in total. The number of nitrogens with two attached hydrogens (primary N) is 1. The second kappa shape index (κ2) is 5.86. The Kier molecular flexibility index (Phi) is 5.82. The van der Waals surface area contributed by atoms with Crippen molar-refractivity contribution < 1.29 is 0 Å². The second-order valence-electron chi connectivity index (χ2n) is 6.12. The van der Waals surface area contributed by atoms with Gasteiger partial charge in [0.05, 0.1) is 0 Å². The summed E-state index contributed by atoms with van der Waals surface area (Å²) in [6.07, 6.45) is 1.24. The van der Waals surface area contributed by atoms with Gasteiger partial charge in [0.1, 0.15) is 0 Å². The zero-order valence-electron chi connectivity index (χ0n) is 11.7. The van der Waals surface area contributed by atoms with Gasteiger partial charge in [0.15, 0.2) is 0 Å². The fraction of sp³-hybridized carbons (Fsp3) is 1.00. The van der Waals surface area contributed by atoms with Crippen molar-refractivity contribution in [2.24, 2.45) is 17.1 Å². The Morgan fingerprint density at radius 2 is 1.67 bits per heavy atom. The van der Waals surface area contributed by atoms with Gasteiger partial charge in [-0.15, -0.1) is 0 Å². The molecular weight excluding hydrogens is 184 g/mol. The van der Waals surface area contributed by atoms with Crippen LogP contribution in [0.15, 0.2) is 0 Å². The summed E-state index contributed by atoms with van der Waals surface area (Å²) >= 11 is 0. The molecule has 0 saturated heterocycles. The van der Waals surface area contributed by atoms with Crippen LogP contribution in [0.25, 0.3) is 0 Å². The molecular formula is C13H30N2. The third-order valence-corrected chi connectivity index (χ3v) is 3.16. The maximum atomic E-state index is 6.10. The van der Waals surface area contributed by atoms with Crippen LogP contribution in [0.3, 0.4) is 0 Å². The maximum absolute atomic E-state index is 6.10. The molecule has 0 saturated carbocycles. The Labute approximate surface area is 96.2 Å². The minimum atomic E-state index is 0.221. The summed E-state index contributed by atoms with van der Waals surface area (Å²) < 4.78 is 0. The van der Waals surface area contributed by atoms with Gasteiger partial charge in [0.2, 0.25) is 0 Å². The highest BCUT2D eigenvalue weighted by molar-refractivity contribution is 4.88. The van der Waals surface area contributed by atoms with Crippen LogP contribution in [0.1, 0.15) is 48.0 Å². The Bertz CT molecular complexity index is 170. The summed E-state index contributed by atoms with van der Waals surface area (Å²) in [6, 6.07) is 0.672. The van der Waals surface area contributed by atoms with E-state index in [1.165, 1.54) is 6.42 Å². The molecule has 15 heavy (non-hydrogen) atoms. The van der Waals surface area contributed by atoms with Crippen molar-refractivity contribution in [2.75, 3.05) is 13.6 Å². The molecule has 0 aliphatic heterocycles. The first kappa shape index (κ1) is 14.9. The van der Waals surface area contributed by atoms with Crippen LogP contribution >= 0.6 is 0 Å². The first-order valence-corrected chi connectivity index (χ1v) is 6.16. The van der Waals surface area contributed by atoms with Gasteiger partial charge in [-0.05, 0) is 25.3 Å². The predicted molar refractivity (Wildman–Crippen MR) is 69.0 cm³/mol. The highest BCUT2D eigenvalue weighted by Gasteiger charge is 2.31. The third kappa shape index (κ3) is 4.98. The molecule has 3 atom stereocenters. The van der Waals surface area contributed by atoms with Crippen LogP contribution in [-0.4, -0.2) is 30.6 Å². The first-order valence-electron chi connectivity index (χ1n) is 6.16. The number of hydrogen-bond acceptors (Lipinski definition) is 2. The van der Waals surface area contributed by atoms with Gasteiger partial charge in [-0.1, -0.05) is 41.0 Å². The van der Waals surface area contributed by atoms with Crippen molar-refractivity contribution in [3.05, 3.63) is 0 Å². The van der Waals surface area contributed by atoms with Crippen LogP contribution < -0.4 is 5.73 Å². The Balaban J connectivity index is 4.50. The smallest absolute Gasteiger partial charge is 0.0289 e. The summed E-state index contributed by atoms with van der Waals surface area (Å²) in [7, 11) is 2.20. The molecule has 92 valence electrons. The van der Waals surface area contributed by atoms with Crippen molar-refractivity contribution in [1.29, 1.82) is 0 Å². The summed E-state index contributed by atoms with van der Waals surface area (Å²) in [5.41, 5.74) is 6.35. The number of likely N-dealkylation sites (N-methyl/N-ethyl adjacent to an activating group) is 1. The fourth-order valence-electron chi connectivity index (χ4n) is 2.59. The topological polar surface area (TPSA) is 29.3 Å². The van der Waals surface area contributed by atoms with Crippen molar-refractivity contribution in [1.82, 2.24) is 4.90 Å². The van der Waals surface area contributed by atoms with Crippen LogP contribution in [0.4, 0.5) is 0 Å². The monoisotopic (exact) mass is 214 g/mol. The zero-order valence-corrected chi connectivity index (χ0v) is 11.7. The van der Waals surface area contributed by atoms with Gasteiger partial charge in [0, 0.05) is 18.6 Å². The SMILES string of the molecule is CCC(C)CN(C)C(C(C)N)C(C)(C)C. The molecule has 2 heteroatoms. The highest BCUT2D eigenvalue weighted by atomic mass is 15.2. The molecule has 2 N–H and O–H groups in total. The van der Waals surface area contributed by atoms with E-state index >= 15 is 0 Å². The van der Waals surface area contributed by atoms with Gasteiger partial charge >= 0.3 is 0 Å². The van der Waals surface area contributed by atoms with E-state index in [0.717, 1.165) is 12.5 Å². The van der Waals surface area contributed by atoms with Gasteiger partial charge in [0.25, 0.3) is 0 Å². The lowest BCUT2D eigenvalue weighted by atomic mass is 9.81.